The SMILES string of the molecule is O=C(S)CCSP. The molecule has 0 rings (SSSR count). The molecule has 0 fully saturated rings. The molecule has 4 heteroatoms. The summed E-state index contributed by atoms with van der Waals surface area (Å²) in [7, 11) is 2.48. The lowest BCUT2D eigenvalue weighted by molar-refractivity contribution is -0.110. The molecule has 0 heterocycles. The van der Waals surface area contributed by atoms with Crippen LogP contribution in [-0.2, 0) is 4.79 Å². The van der Waals surface area contributed by atoms with Crippen molar-refractivity contribution in [1.82, 2.24) is 0 Å². The van der Waals surface area contributed by atoms with E-state index in [9.17, 15) is 4.79 Å². The maximum Gasteiger partial charge on any atom is 0.186 e. The van der Waals surface area contributed by atoms with Crippen LogP contribution in [0.5, 0.6) is 0 Å². The zero-order valence-electron chi connectivity index (χ0n) is 3.76. The quantitative estimate of drug-likeness (QED) is 0.488. The number of hydrogen-bond donors (Lipinski definition) is 1. The Hall–Kier alpha value is 0.800. The number of rotatable bonds is 3. The highest BCUT2D eigenvalue weighted by Crippen LogP contribution is 2.11. The van der Waals surface area contributed by atoms with Crippen LogP contribution in [-0.4, -0.2) is 10.9 Å². The van der Waals surface area contributed by atoms with Gasteiger partial charge in [-0.15, -0.1) is 24.0 Å². The van der Waals surface area contributed by atoms with Gasteiger partial charge in [0.2, 0.25) is 0 Å². The minimum atomic E-state index is -0.0325. The second kappa shape index (κ2) is 4.95. The Labute approximate surface area is 55.0 Å². The molecule has 0 saturated heterocycles. The molecular formula is C3H7OPS2. The third kappa shape index (κ3) is 6.80. The van der Waals surface area contributed by atoms with Crippen LogP contribution in [0.15, 0.2) is 0 Å². The van der Waals surface area contributed by atoms with Crippen molar-refractivity contribution < 1.29 is 4.79 Å². The fourth-order valence-electron chi connectivity index (χ4n) is 0.146. The van der Waals surface area contributed by atoms with Crippen LogP contribution in [0.2, 0.25) is 0 Å². The second-order valence-electron chi connectivity index (χ2n) is 1.01. The molecule has 0 aromatic rings. The van der Waals surface area contributed by atoms with Gasteiger partial charge in [0.25, 0.3) is 0 Å². The normalized spacial score (nSPS) is 8.86. The molecule has 0 saturated carbocycles. The van der Waals surface area contributed by atoms with Gasteiger partial charge in [0.15, 0.2) is 5.12 Å². The molecule has 0 aliphatic carbocycles. The molecule has 42 valence electrons. The standard InChI is InChI=1S/C3H7OPS2/c4-3(6)1-2-7-5/h1-2,5H2,(H,4,6). The van der Waals surface area contributed by atoms with Crippen molar-refractivity contribution in [1.29, 1.82) is 0 Å². The van der Waals surface area contributed by atoms with Gasteiger partial charge < -0.3 is 0 Å². The van der Waals surface area contributed by atoms with Crippen LogP contribution < -0.4 is 0 Å². The monoisotopic (exact) mass is 154 g/mol. The Balaban J connectivity index is 2.82. The van der Waals surface area contributed by atoms with Crippen LogP contribution in [0, 0.1) is 0 Å². The van der Waals surface area contributed by atoms with E-state index in [0.29, 0.717) is 6.42 Å². The van der Waals surface area contributed by atoms with Gasteiger partial charge in [0.1, 0.15) is 0 Å². The van der Waals surface area contributed by atoms with Gasteiger partial charge >= 0.3 is 0 Å². The first-order valence-corrected chi connectivity index (χ1v) is 4.72. The zero-order chi connectivity index (χ0) is 5.70. The van der Waals surface area contributed by atoms with E-state index in [2.05, 4.69) is 21.1 Å². The minimum absolute atomic E-state index is 0.0325. The van der Waals surface area contributed by atoms with E-state index < -0.39 is 0 Å². The fourth-order valence-corrected chi connectivity index (χ4v) is 1.07. The maximum absolute atomic E-state index is 10.0. The van der Waals surface area contributed by atoms with Gasteiger partial charge in [-0.3, -0.25) is 4.79 Å². The first-order valence-electron chi connectivity index (χ1n) is 1.81. The van der Waals surface area contributed by atoms with Crippen LogP contribution in [0.1, 0.15) is 6.42 Å². The summed E-state index contributed by atoms with van der Waals surface area (Å²) in [4.78, 5) is 10.0. The third-order valence-corrected chi connectivity index (χ3v) is 1.80. The number of carbonyl (C=O) groups excluding carboxylic acids is 1. The molecule has 0 aromatic heterocycles. The lowest BCUT2D eigenvalue weighted by Gasteiger charge is -1.85. The van der Waals surface area contributed by atoms with Crippen molar-refractivity contribution in [2.75, 3.05) is 5.75 Å². The molecule has 1 atom stereocenters. The Morgan fingerprint density at radius 2 is 2.43 bits per heavy atom. The summed E-state index contributed by atoms with van der Waals surface area (Å²) in [6.45, 7) is 0. The van der Waals surface area contributed by atoms with Crippen LogP contribution in [0.4, 0.5) is 0 Å². The van der Waals surface area contributed by atoms with Gasteiger partial charge in [0.05, 0.1) is 0 Å². The summed E-state index contributed by atoms with van der Waals surface area (Å²) in [5, 5.41) is -0.0325. The second-order valence-corrected chi connectivity index (χ2v) is 3.25. The van der Waals surface area contributed by atoms with Crippen molar-refractivity contribution in [2.24, 2.45) is 0 Å². The molecule has 0 N–H and O–H groups in total. The first kappa shape index (κ1) is 7.80. The van der Waals surface area contributed by atoms with Gasteiger partial charge in [-0.1, -0.05) is 8.44 Å². The number of hydrogen-bond acceptors (Lipinski definition) is 2. The molecule has 7 heavy (non-hydrogen) atoms. The highest BCUT2D eigenvalue weighted by molar-refractivity contribution is 8.43. The van der Waals surface area contributed by atoms with Gasteiger partial charge in [0, 0.05) is 12.2 Å². The fraction of sp³-hybridized carbons (Fsp3) is 0.667. The molecule has 0 amide bonds. The smallest absolute Gasteiger partial charge is 0.186 e. The summed E-state index contributed by atoms with van der Waals surface area (Å²) in [5.41, 5.74) is 0. The predicted molar refractivity (Wildman–Crippen MR) is 40.8 cm³/mol. The molecular weight excluding hydrogens is 147 g/mol. The highest BCUT2D eigenvalue weighted by atomic mass is 32.7. The van der Waals surface area contributed by atoms with Crippen molar-refractivity contribution in [3.63, 3.8) is 0 Å². The van der Waals surface area contributed by atoms with Crippen LogP contribution in [0.3, 0.4) is 0 Å². The summed E-state index contributed by atoms with van der Waals surface area (Å²) >= 11 is 5.15. The minimum Gasteiger partial charge on any atom is -0.287 e. The topological polar surface area (TPSA) is 17.1 Å². The molecule has 0 radical (unpaired) electrons. The molecule has 0 spiro atoms. The molecule has 1 nitrogen and oxygen atoms in total. The predicted octanol–water partition coefficient (Wildman–Crippen LogP) is 1.36. The Morgan fingerprint density at radius 3 is 2.57 bits per heavy atom. The van der Waals surface area contributed by atoms with Gasteiger partial charge in [-0.25, -0.2) is 0 Å². The van der Waals surface area contributed by atoms with Gasteiger partial charge in [-0.05, 0) is 0 Å². The van der Waals surface area contributed by atoms with E-state index in [-0.39, 0.29) is 5.12 Å². The average molecular weight is 154 g/mol. The lowest BCUT2D eigenvalue weighted by Crippen LogP contribution is -1.85. The van der Waals surface area contributed by atoms with E-state index in [0.717, 1.165) is 5.75 Å². The van der Waals surface area contributed by atoms with E-state index in [1.165, 1.54) is 0 Å². The van der Waals surface area contributed by atoms with E-state index in [1.807, 2.05) is 0 Å². The largest absolute Gasteiger partial charge is 0.287 e. The molecule has 0 bridgehead atoms. The van der Waals surface area contributed by atoms with Crippen LogP contribution >= 0.6 is 32.5 Å². The molecule has 0 aliphatic rings. The zero-order valence-corrected chi connectivity index (χ0v) is 6.62. The van der Waals surface area contributed by atoms with Crippen molar-refractivity contribution in [3.8, 4) is 0 Å². The lowest BCUT2D eigenvalue weighted by atomic mass is 10.5. The van der Waals surface area contributed by atoms with Crippen molar-refractivity contribution in [2.45, 2.75) is 6.42 Å². The first-order chi connectivity index (χ1) is 3.27. The van der Waals surface area contributed by atoms with E-state index in [1.54, 1.807) is 11.4 Å². The number of thiol groups is 1. The van der Waals surface area contributed by atoms with E-state index >= 15 is 0 Å². The highest BCUT2D eigenvalue weighted by Gasteiger charge is 1.89. The van der Waals surface area contributed by atoms with Crippen molar-refractivity contribution in [3.05, 3.63) is 0 Å². The summed E-state index contributed by atoms with van der Waals surface area (Å²) in [5.74, 6) is 0.854. The molecule has 1 unspecified atom stereocenters. The Bertz CT molecular complexity index is 66.0. The van der Waals surface area contributed by atoms with E-state index in [4.69, 9.17) is 0 Å². The summed E-state index contributed by atoms with van der Waals surface area (Å²) in [6.07, 6.45) is 0.567. The average Bonchev–Trinajstić information content (AvgIpc) is 1.61. The van der Waals surface area contributed by atoms with Crippen molar-refractivity contribution >= 4 is 37.6 Å². The Morgan fingerprint density at radius 1 is 1.86 bits per heavy atom. The van der Waals surface area contributed by atoms with Gasteiger partial charge in [-0.2, -0.15) is 0 Å². The van der Waals surface area contributed by atoms with Crippen LogP contribution in [0.25, 0.3) is 0 Å². The molecule has 0 aromatic carbocycles. The third-order valence-electron chi connectivity index (χ3n) is 0.434. The summed E-state index contributed by atoms with van der Waals surface area (Å²) in [6, 6.07) is 0. The number of carbonyl (C=O) groups is 1. The Kier molecular flexibility index (Phi) is 5.51. The molecule has 0 aliphatic heterocycles. The maximum atomic E-state index is 10.0. The summed E-state index contributed by atoms with van der Waals surface area (Å²) < 4.78 is 0.